The molecule has 1 amide bonds. The monoisotopic (exact) mass is 578 g/mol. The predicted molar refractivity (Wildman–Crippen MR) is 156 cm³/mol. The van der Waals surface area contributed by atoms with Crippen molar-refractivity contribution in [1.82, 2.24) is 9.80 Å². The number of nitrogens with one attached hydrogen (secondary N) is 1. The first kappa shape index (κ1) is 30.3. The van der Waals surface area contributed by atoms with Gasteiger partial charge in [-0.15, -0.1) is 0 Å². The van der Waals surface area contributed by atoms with Crippen LogP contribution in [0.4, 0.5) is 11.4 Å². The highest BCUT2D eigenvalue weighted by molar-refractivity contribution is 6.06. The summed E-state index contributed by atoms with van der Waals surface area (Å²) in [6, 6.07) is 12.7. The summed E-state index contributed by atoms with van der Waals surface area (Å²) in [6.45, 7) is 5.70. The average Bonchev–Trinajstić information content (AvgIpc) is 2.98. The zero-order chi connectivity index (χ0) is 30.4. The van der Waals surface area contributed by atoms with Crippen molar-refractivity contribution >= 4 is 23.3 Å². The summed E-state index contributed by atoms with van der Waals surface area (Å²) in [5.41, 5.74) is 2.32. The van der Waals surface area contributed by atoms with E-state index in [0.29, 0.717) is 36.0 Å². The average molecular weight is 579 g/mol. The highest BCUT2D eigenvalue weighted by Gasteiger charge is 2.23. The Kier molecular flexibility index (Phi) is 9.60. The quantitative estimate of drug-likeness (QED) is 0.251. The summed E-state index contributed by atoms with van der Waals surface area (Å²) in [6.07, 6.45) is 0. The van der Waals surface area contributed by atoms with E-state index in [2.05, 4.69) is 15.1 Å². The number of benzene rings is 3. The topological polar surface area (TPSA) is 144 Å². The van der Waals surface area contributed by atoms with Crippen molar-refractivity contribution in [1.29, 1.82) is 0 Å². The third-order valence-corrected chi connectivity index (χ3v) is 7.39. The number of aromatic carboxylic acids is 1. The smallest absolute Gasteiger partial charge is 0.335 e. The molecule has 0 radical (unpaired) electrons. The zero-order valence-corrected chi connectivity index (χ0v) is 24.0. The summed E-state index contributed by atoms with van der Waals surface area (Å²) in [5, 5.41) is 23.7. The van der Waals surface area contributed by atoms with Gasteiger partial charge >= 0.3 is 5.97 Å². The number of nitro benzene ring substituents is 1. The molecule has 0 aromatic heterocycles. The molecule has 1 aliphatic rings. The number of anilines is 1. The van der Waals surface area contributed by atoms with Gasteiger partial charge in [0.15, 0.2) is 11.5 Å². The summed E-state index contributed by atoms with van der Waals surface area (Å²) < 4.78 is 16.5. The van der Waals surface area contributed by atoms with Gasteiger partial charge < -0.3 is 24.6 Å². The molecule has 2 N–H and O–H groups in total. The number of piperazine rings is 1. The van der Waals surface area contributed by atoms with E-state index in [0.717, 1.165) is 37.3 Å². The van der Waals surface area contributed by atoms with Crippen molar-refractivity contribution in [2.75, 3.05) is 52.8 Å². The maximum Gasteiger partial charge on any atom is 0.335 e. The predicted octanol–water partition coefficient (Wildman–Crippen LogP) is 4.20. The van der Waals surface area contributed by atoms with Gasteiger partial charge in [-0.3, -0.25) is 24.7 Å². The van der Waals surface area contributed by atoms with Gasteiger partial charge in [-0.05, 0) is 36.8 Å². The Morgan fingerprint density at radius 2 is 1.52 bits per heavy atom. The molecule has 0 bridgehead atoms. The van der Waals surface area contributed by atoms with Crippen LogP contribution in [0.5, 0.6) is 17.2 Å². The van der Waals surface area contributed by atoms with Gasteiger partial charge in [-0.2, -0.15) is 0 Å². The largest absolute Gasteiger partial charge is 0.493 e. The second-order valence-corrected chi connectivity index (χ2v) is 9.88. The van der Waals surface area contributed by atoms with Crippen molar-refractivity contribution < 1.29 is 33.8 Å². The summed E-state index contributed by atoms with van der Waals surface area (Å²) in [7, 11) is 4.76. The fraction of sp³-hybridized carbons (Fsp3) is 0.333. The van der Waals surface area contributed by atoms with Crippen LogP contribution in [0.25, 0.3) is 0 Å². The molecule has 0 atom stereocenters. The number of hydrogen-bond donors (Lipinski definition) is 2. The fourth-order valence-electron chi connectivity index (χ4n) is 5.10. The molecule has 0 saturated carbocycles. The van der Waals surface area contributed by atoms with Crippen LogP contribution in [-0.4, -0.2) is 79.2 Å². The lowest BCUT2D eigenvalue weighted by atomic mass is 10.0. The van der Waals surface area contributed by atoms with Crippen molar-refractivity contribution in [3.05, 3.63) is 86.5 Å². The van der Waals surface area contributed by atoms with Crippen LogP contribution in [0.2, 0.25) is 0 Å². The van der Waals surface area contributed by atoms with Gasteiger partial charge in [0.1, 0.15) is 0 Å². The Bertz CT molecular complexity index is 1480. The lowest BCUT2D eigenvalue weighted by Gasteiger charge is -2.35. The first-order valence-corrected chi connectivity index (χ1v) is 13.3. The molecule has 0 aliphatic carbocycles. The lowest BCUT2D eigenvalue weighted by molar-refractivity contribution is -0.385. The molecule has 1 heterocycles. The van der Waals surface area contributed by atoms with Crippen molar-refractivity contribution in [2.24, 2.45) is 0 Å². The maximum atomic E-state index is 13.2. The Labute approximate surface area is 243 Å². The summed E-state index contributed by atoms with van der Waals surface area (Å²) >= 11 is 0. The molecule has 3 aromatic carbocycles. The molecule has 0 spiro atoms. The van der Waals surface area contributed by atoms with Crippen LogP contribution < -0.4 is 19.5 Å². The molecule has 3 aromatic rings. The number of methoxy groups -OCH3 is 3. The van der Waals surface area contributed by atoms with Gasteiger partial charge in [0, 0.05) is 67.7 Å². The van der Waals surface area contributed by atoms with Crippen molar-refractivity contribution in [3.63, 3.8) is 0 Å². The molecule has 4 rings (SSSR count). The third kappa shape index (κ3) is 6.61. The summed E-state index contributed by atoms with van der Waals surface area (Å²) in [5.74, 6) is 0.116. The number of nitrogens with zero attached hydrogens (tertiary/aromatic N) is 3. The lowest BCUT2D eigenvalue weighted by Crippen LogP contribution is -2.45. The van der Waals surface area contributed by atoms with E-state index in [-0.39, 0.29) is 22.4 Å². The minimum atomic E-state index is -1.12. The molecule has 1 fully saturated rings. The Balaban J connectivity index is 1.47. The molecular weight excluding hydrogens is 544 g/mol. The number of hydrogen-bond acceptors (Lipinski definition) is 9. The van der Waals surface area contributed by atoms with Gasteiger partial charge in [0.05, 0.1) is 31.8 Å². The normalized spacial score (nSPS) is 13.8. The minimum absolute atomic E-state index is 0.0264. The van der Waals surface area contributed by atoms with Gasteiger partial charge in [0.2, 0.25) is 5.75 Å². The second-order valence-electron chi connectivity index (χ2n) is 9.88. The van der Waals surface area contributed by atoms with Crippen molar-refractivity contribution in [3.8, 4) is 17.2 Å². The second kappa shape index (κ2) is 13.3. The first-order chi connectivity index (χ1) is 20.2. The Hall–Kier alpha value is -4.68. The highest BCUT2D eigenvalue weighted by Crippen LogP contribution is 2.40. The number of rotatable bonds is 11. The van der Waals surface area contributed by atoms with E-state index in [1.54, 1.807) is 27.4 Å². The van der Waals surface area contributed by atoms with E-state index < -0.39 is 16.8 Å². The number of ether oxygens (including phenoxy) is 3. The van der Waals surface area contributed by atoms with E-state index in [1.165, 1.54) is 37.3 Å². The van der Waals surface area contributed by atoms with Gasteiger partial charge in [-0.1, -0.05) is 18.2 Å². The number of carbonyl (C=O) groups excluding carboxylic acids is 1. The fourth-order valence-corrected chi connectivity index (χ4v) is 5.10. The van der Waals surface area contributed by atoms with E-state index >= 15 is 0 Å². The van der Waals surface area contributed by atoms with Crippen molar-refractivity contribution in [2.45, 2.75) is 20.0 Å². The SMILES string of the molecule is COc1ccc(CN2CCN(Cc3ccc(C(=O)O)cc3NC(=O)c3cccc([N+](=O)[O-])c3C)CC2)c(OC)c1OC. The number of carbonyl (C=O) groups is 2. The molecule has 0 unspecified atom stereocenters. The van der Waals surface area contributed by atoms with Crippen LogP contribution in [-0.2, 0) is 13.1 Å². The third-order valence-electron chi connectivity index (χ3n) is 7.39. The highest BCUT2D eigenvalue weighted by atomic mass is 16.6. The van der Waals surface area contributed by atoms with E-state index in [9.17, 15) is 24.8 Å². The number of carboxylic acids is 1. The molecule has 1 saturated heterocycles. The van der Waals surface area contributed by atoms with Gasteiger partial charge in [0.25, 0.3) is 11.6 Å². The van der Waals surface area contributed by atoms with E-state index in [1.807, 2.05) is 12.1 Å². The Morgan fingerprint density at radius 1 is 0.905 bits per heavy atom. The molecule has 42 heavy (non-hydrogen) atoms. The summed E-state index contributed by atoms with van der Waals surface area (Å²) in [4.78, 5) is 40.2. The van der Waals surface area contributed by atoms with Gasteiger partial charge in [-0.25, -0.2) is 4.79 Å². The van der Waals surface area contributed by atoms with Crippen LogP contribution in [0.1, 0.15) is 37.4 Å². The van der Waals surface area contributed by atoms with E-state index in [4.69, 9.17) is 14.2 Å². The minimum Gasteiger partial charge on any atom is -0.493 e. The molecule has 1 aliphatic heterocycles. The molecule has 12 nitrogen and oxygen atoms in total. The standard InChI is InChI=1S/C30H34N4O8/c1-19-23(6-5-7-25(19)34(38)39)29(35)31-24-16-20(30(36)37)8-9-21(24)17-32-12-14-33(15-13-32)18-22-10-11-26(40-2)28(42-4)27(22)41-3/h5-11,16H,12-15,17-18H2,1-4H3,(H,31,35)(H,36,37). The molecule has 222 valence electrons. The first-order valence-electron chi connectivity index (χ1n) is 13.3. The number of amides is 1. The zero-order valence-electron chi connectivity index (χ0n) is 24.0. The van der Waals surface area contributed by atoms with Crippen LogP contribution in [0.3, 0.4) is 0 Å². The molecular formula is C30H34N4O8. The maximum absolute atomic E-state index is 13.2. The van der Waals surface area contributed by atoms with Crippen LogP contribution >= 0.6 is 0 Å². The Morgan fingerprint density at radius 3 is 2.10 bits per heavy atom. The van der Waals surface area contributed by atoms with Crippen LogP contribution in [0, 0.1) is 17.0 Å². The van der Waals surface area contributed by atoms with Crippen LogP contribution in [0.15, 0.2) is 48.5 Å². The number of nitro groups is 1. The molecule has 12 heteroatoms. The number of carboxylic acid groups (broad SMARTS) is 1.